The van der Waals surface area contributed by atoms with Gasteiger partial charge in [0.25, 0.3) is 0 Å². The number of nitrogens with zero attached hydrogens (tertiary/aromatic N) is 1. The van der Waals surface area contributed by atoms with Crippen molar-refractivity contribution < 1.29 is 19.8 Å². The van der Waals surface area contributed by atoms with E-state index in [1.165, 1.54) is 0 Å². The van der Waals surface area contributed by atoms with Crippen molar-refractivity contribution in [1.29, 1.82) is 0 Å². The molecular formula is C23H35NO4S. The minimum Gasteiger partial charge on any atom is -0.478 e. The van der Waals surface area contributed by atoms with Crippen LogP contribution in [0.1, 0.15) is 75.2 Å². The molecule has 29 heavy (non-hydrogen) atoms. The average Bonchev–Trinajstić information content (AvgIpc) is 3.04. The van der Waals surface area contributed by atoms with Gasteiger partial charge in [0.05, 0.1) is 22.8 Å². The molecule has 5 nitrogen and oxygen atoms in total. The van der Waals surface area contributed by atoms with Crippen molar-refractivity contribution in [1.82, 2.24) is 4.90 Å². The molecule has 2 atom stereocenters. The summed E-state index contributed by atoms with van der Waals surface area (Å²) in [6, 6.07) is 7.00. The zero-order chi connectivity index (χ0) is 21.4. The number of thioether (sulfide) groups is 1. The van der Waals surface area contributed by atoms with Crippen molar-refractivity contribution >= 4 is 23.6 Å². The van der Waals surface area contributed by atoms with E-state index in [9.17, 15) is 14.7 Å². The van der Waals surface area contributed by atoms with E-state index in [4.69, 9.17) is 5.11 Å². The fraction of sp³-hybridized carbons (Fsp3) is 0.652. The van der Waals surface area contributed by atoms with Crippen molar-refractivity contribution in [2.24, 2.45) is 5.41 Å². The highest BCUT2D eigenvalue weighted by atomic mass is 32.2. The van der Waals surface area contributed by atoms with Gasteiger partial charge in [0, 0.05) is 6.54 Å². The van der Waals surface area contributed by atoms with Gasteiger partial charge in [-0.05, 0) is 55.2 Å². The van der Waals surface area contributed by atoms with Crippen LogP contribution in [0.2, 0.25) is 0 Å². The third kappa shape index (κ3) is 7.03. The summed E-state index contributed by atoms with van der Waals surface area (Å²) in [6.45, 7) is 7.00. The molecule has 1 aromatic rings. The highest BCUT2D eigenvalue weighted by molar-refractivity contribution is 8.00. The molecule has 1 aromatic carbocycles. The Morgan fingerprint density at radius 2 is 1.97 bits per heavy atom. The Labute approximate surface area is 178 Å². The Bertz CT molecular complexity index is 674. The zero-order valence-corrected chi connectivity index (χ0v) is 18.7. The second-order valence-corrected chi connectivity index (χ2v) is 9.81. The number of rotatable bonds is 12. The van der Waals surface area contributed by atoms with Crippen LogP contribution in [-0.2, 0) is 11.2 Å². The summed E-state index contributed by atoms with van der Waals surface area (Å²) in [6.07, 6.45) is 6.17. The standard InChI is InChI=1S/C23H35NO4S/c1-4-5-14-23(2,3)19(25)13-15-24-20(26)16-29-21(24)8-6-7-17-9-11-18(12-10-17)22(27)28/h9-12,19,21,25H,4-8,13-16H2,1-3H3,(H,27,28). The number of carboxylic acids is 1. The van der Waals surface area contributed by atoms with Gasteiger partial charge in [-0.3, -0.25) is 4.79 Å². The molecule has 1 aliphatic heterocycles. The predicted molar refractivity (Wildman–Crippen MR) is 118 cm³/mol. The topological polar surface area (TPSA) is 77.8 Å². The summed E-state index contributed by atoms with van der Waals surface area (Å²) < 4.78 is 0. The fourth-order valence-electron chi connectivity index (χ4n) is 3.75. The van der Waals surface area contributed by atoms with Crippen LogP contribution < -0.4 is 0 Å². The van der Waals surface area contributed by atoms with Crippen LogP contribution in [0.5, 0.6) is 0 Å². The number of aryl methyl sites for hydroxylation is 1. The number of carboxylic acid groups (broad SMARTS) is 1. The highest BCUT2D eigenvalue weighted by Gasteiger charge is 2.33. The maximum absolute atomic E-state index is 12.3. The molecule has 0 aromatic heterocycles. The second-order valence-electron chi connectivity index (χ2n) is 8.64. The molecule has 0 radical (unpaired) electrons. The zero-order valence-electron chi connectivity index (χ0n) is 17.9. The van der Waals surface area contributed by atoms with Gasteiger partial charge < -0.3 is 15.1 Å². The molecule has 0 aliphatic carbocycles. The molecule has 2 N–H and O–H groups in total. The molecular weight excluding hydrogens is 386 g/mol. The number of carbonyl (C=O) groups excluding carboxylic acids is 1. The first-order chi connectivity index (χ1) is 13.7. The van der Waals surface area contributed by atoms with Crippen molar-refractivity contribution in [2.45, 2.75) is 77.2 Å². The van der Waals surface area contributed by atoms with E-state index >= 15 is 0 Å². The molecule has 0 bridgehead atoms. The third-order valence-electron chi connectivity index (χ3n) is 5.90. The number of aliphatic hydroxyl groups excluding tert-OH is 1. The lowest BCUT2D eigenvalue weighted by Gasteiger charge is -2.33. The predicted octanol–water partition coefficient (Wildman–Crippen LogP) is 4.58. The fourth-order valence-corrected chi connectivity index (χ4v) is 4.99. The van der Waals surface area contributed by atoms with Crippen LogP contribution in [0.3, 0.4) is 0 Å². The van der Waals surface area contributed by atoms with Crippen molar-refractivity contribution in [2.75, 3.05) is 12.3 Å². The lowest BCUT2D eigenvalue weighted by Crippen LogP contribution is -2.38. The summed E-state index contributed by atoms with van der Waals surface area (Å²) in [4.78, 5) is 25.2. The molecule has 0 saturated carbocycles. The molecule has 2 rings (SSSR count). The number of unbranched alkanes of at least 4 members (excludes halogenated alkanes) is 1. The van der Waals surface area contributed by atoms with Crippen LogP contribution in [-0.4, -0.2) is 50.8 Å². The average molecular weight is 422 g/mol. The largest absolute Gasteiger partial charge is 0.478 e. The molecule has 1 saturated heterocycles. The van der Waals surface area contributed by atoms with Gasteiger partial charge >= 0.3 is 5.97 Å². The van der Waals surface area contributed by atoms with Crippen LogP contribution in [0.25, 0.3) is 0 Å². The van der Waals surface area contributed by atoms with Gasteiger partial charge in [-0.1, -0.05) is 45.7 Å². The minimum atomic E-state index is -0.909. The SMILES string of the molecule is CCCCC(C)(C)C(O)CCN1C(=O)CSC1CCCc1ccc(C(=O)O)cc1. The Morgan fingerprint density at radius 3 is 2.59 bits per heavy atom. The number of carbonyl (C=O) groups is 2. The van der Waals surface area contributed by atoms with E-state index in [2.05, 4.69) is 20.8 Å². The van der Waals surface area contributed by atoms with Crippen LogP contribution in [0, 0.1) is 5.41 Å². The first-order valence-electron chi connectivity index (χ1n) is 10.7. The van der Waals surface area contributed by atoms with Crippen LogP contribution >= 0.6 is 11.8 Å². The smallest absolute Gasteiger partial charge is 0.335 e. The van der Waals surface area contributed by atoms with E-state index in [0.717, 1.165) is 44.1 Å². The summed E-state index contributed by atoms with van der Waals surface area (Å²) in [7, 11) is 0. The normalized spacial score (nSPS) is 18.3. The van der Waals surface area contributed by atoms with E-state index in [1.54, 1.807) is 23.9 Å². The number of benzene rings is 1. The molecule has 1 aliphatic rings. The Kier molecular flexibility index (Phi) is 9.03. The van der Waals surface area contributed by atoms with Gasteiger partial charge in [-0.25, -0.2) is 4.79 Å². The molecule has 2 unspecified atom stereocenters. The number of aromatic carboxylic acids is 1. The molecule has 0 spiro atoms. The first kappa shape index (κ1) is 23.7. The maximum atomic E-state index is 12.3. The molecule has 162 valence electrons. The van der Waals surface area contributed by atoms with Crippen molar-refractivity contribution in [3.05, 3.63) is 35.4 Å². The third-order valence-corrected chi connectivity index (χ3v) is 7.19. The van der Waals surface area contributed by atoms with E-state index in [1.807, 2.05) is 17.0 Å². The monoisotopic (exact) mass is 421 g/mol. The molecule has 1 amide bonds. The second kappa shape index (κ2) is 11.0. The van der Waals surface area contributed by atoms with E-state index in [-0.39, 0.29) is 16.7 Å². The number of amides is 1. The maximum Gasteiger partial charge on any atom is 0.335 e. The number of aliphatic hydroxyl groups is 1. The summed E-state index contributed by atoms with van der Waals surface area (Å²) >= 11 is 1.69. The van der Waals surface area contributed by atoms with Gasteiger partial charge in [-0.15, -0.1) is 11.8 Å². The van der Waals surface area contributed by atoms with Gasteiger partial charge in [-0.2, -0.15) is 0 Å². The lowest BCUT2D eigenvalue weighted by molar-refractivity contribution is -0.128. The van der Waals surface area contributed by atoms with Gasteiger partial charge in [0.15, 0.2) is 0 Å². The molecule has 1 fully saturated rings. The molecule has 1 heterocycles. The van der Waals surface area contributed by atoms with Crippen molar-refractivity contribution in [3.63, 3.8) is 0 Å². The number of hydrogen-bond acceptors (Lipinski definition) is 4. The summed E-state index contributed by atoms with van der Waals surface area (Å²) in [5.74, 6) is -0.217. The molecule has 6 heteroatoms. The summed E-state index contributed by atoms with van der Waals surface area (Å²) in [5.41, 5.74) is 1.30. The van der Waals surface area contributed by atoms with Crippen LogP contribution in [0.4, 0.5) is 0 Å². The highest BCUT2D eigenvalue weighted by Crippen LogP contribution is 2.32. The van der Waals surface area contributed by atoms with Gasteiger partial charge in [0.1, 0.15) is 0 Å². The van der Waals surface area contributed by atoms with Gasteiger partial charge in [0.2, 0.25) is 5.91 Å². The van der Waals surface area contributed by atoms with E-state index < -0.39 is 12.1 Å². The lowest BCUT2D eigenvalue weighted by atomic mass is 9.80. The number of hydrogen-bond donors (Lipinski definition) is 2. The Balaban J connectivity index is 1.81. The minimum absolute atomic E-state index is 0.121. The van der Waals surface area contributed by atoms with E-state index in [0.29, 0.717) is 24.3 Å². The van der Waals surface area contributed by atoms with Crippen molar-refractivity contribution in [3.8, 4) is 0 Å². The quantitative estimate of drug-likeness (QED) is 0.517. The van der Waals surface area contributed by atoms with Crippen LogP contribution in [0.15, 0.2) is 24.3 Å². The summed E-state index contributed by atoms with van der Waals surface area (Å²) in [5, 5.41) is 19.8. The Hall–Kier alpha value is -1.53. The first-order valence-corrected chi connectivity index (χ1v) is 11.7. The Morgan fingerprint density at radius 1 is 1.28 bits per heavy atom.